The zero-order chi connectivity index (χ0) is 17.7. The van der Waals surface area contributed by atoms with Gasteiger partial charge in [-0.3, -0.25) is 4.79 Å². The molecule has 1 aromatic heterocycles. The van der Waals surface area contributed by atoms with Crippen LogP contribution in [0.25, 0.3) is 0 Å². The van der Waals surface area contributed by atoms with Gasteiger partial charge in [-0.2, -0.15) is 0 Å². The molecule has 0 unspecified atom stereocenters. The molecule has 0 bridgehead atoms. The van der Waals surface area contributed by atoms with Crippen LogP contribution in [0, 0.1) is 12.3 Å². The minimum atomic E-state index is -0.928. The molecule has 2 N–H and O–H groups in total. The maximum absolute atomic E-state index is 12.5. The van der Waals surface area contributed by atoms with E-state index in [4.69, 9.17) is 34.4 Å². The number of ether oxygens (including phenoxy) is 1. The van der Waals surface area contributed by atoms with Crippen molar-refractivity contribution in [2.45, 2.75) is 12.5 Å². The molecule has 0 aliphatic rings. The van der Waals surface area contributed by atoms with Crippen molar-refractivity contribution in [2.24, 2.45) is 0 Å². The van der Waals surface area contributed by atoms with E-state index in [-0.39, 0.29) is 22.0 Å². The monoisotopic (exact) mass is 365 g/mol. The van der Waals surface area contributed by atoms with Gasteiger partial charge in [-0.25, -0.2) is 9.78 Å². The number of nitrogens with zero attached hydrogens (tertiary/aromatic N) is 1. The minimum Gasteiger partial charge on any atom is -0.467 e. The number of nitrogens with one attached hydrogen (secondary N) is 2. The summed E-state index contributed by atoms with van der Waals surface area (Å²) < 4.78 is 4.71. The van der Waals surface area contributed by atoms with E-state index in [2.05, 4.69) is 21.2 Å². The second-order valence-electron chi connectivity index (χ2n) is 4.79. The van der Waals surface area contributed by atoms with Crippen LogP contribution < -0.4 is 5.32 Å². The molecule has 8 heteroatoms. The molecule has 1 aromatic carbocycles. The summed E-state index contributed by atoms with van der Waals surface area (Å²) in [4.78, 5) is 31.1. The quantitative estimate of drug-likeness (QED) is 0.628. The van der Waals surface area contributed by atoms with Crippen molar-refractivity contribution in [1.29, 1.82) is 0 Å². The van der Waals surface area contributed by atoms with Crippen LogP contribution in [0.1, 0.15) is 21.6 Å². The number of amides is 1. The number of methoxy groups -OCH3 is 1. The second-order valence-corrected chi connectivity index (χ2v) is 5.60. The van der Waals surface area contributed by atoms with Crippen LogP contribution in [0.5, 0.6) is 0 Å². The summed E-state index contributed by atoms with van der Waals surface area (Å²) in [7, 11) is 1.23. The lowest BCUT2D eigenvalue weighted by Crippen LogP contribution is -2.43. The fourth-order valence-electron chi connectivity index (χ4n) is 2.06. The van der Waals surface area contributed by atoms with Crippen molar-refractivity contribution in [3.63, 3.8) is 0 Å². The number of esters is 1. The van der Waals surface area contributed by atoms with E-state index in [1.165, 1.54) is 25.6 Å². The summed E-state index contributed by atoms with van der Waals surface area (Å²) in [6.07, 6.45) is 8.48. The van der Waals surface area contributed by atoms with Crippen molar-refractivity contribution in [3.8, 4) is 12.3 Å². The summed E-state index contributed by atoms with van der Waals surface area (Å²) in [5.41, 5.74) is 1.14. The Balaban J connectivity index is 2.25. The van der Waals surface area contributed by atoms with Gasteiger partial charge in [-0.1, -0.05) is 29.1 Å². The smallest absolute Gasteiger partial charge is 0.328 e. The summed E-state index contributed by atoms with van der Waals surface area (Å²) in [6, 6.07) is 1.97. The number of rotatable bonds is 5. The Kier molecular flexibility index (Phi) is 5.85. The first-order valence-corrected chi connectivity index (χ1v) is 7.53. The second kappa shape index (κ2) is 7.86. The summed E-state index contributed by atoms with van der Waals surface area (Å²) in [6.45, 7) is 0. The number of aromatic amines is 1. The van der Waals surface area contributed by atoms with Crippen LogP contribution in [0.2, 0.25) is 10.0 Å². The van der Waals surface area contributed by atoms with Crippen LogP contribution in [-0.4, -0.2) is 35.0 Å². The molecule has 0 saturated heterocycles. The molecule has 1 atom stereocenters. The van der Waals surface area contributed by atoms with E-state index in [1.54, 1.807) is 6.20 Å². The van der Waals surface area contributed by atoms with Crippen LogP contribution in [0.15, 0.2) is 24.7 Å². The Hall–Kier alpha value is -2.49. The third-order valence-corrected chi connectivity index (χ3v) is 3.80. The highest BCUT2D eigenvalue weighted by atomic mass is 35.5. The number of H-pyrrole nitrogens is 1. The Bertz CT molecular complexity index is 774. The van der Waals surface area contributed by atoms with Gasteiger partial charge in [0.15, 0.2) is 0 Å². The SMILES string of the molecule is C#Cc1cc(Cl)c(C(=O)N[C@H](Cc2cnc[nH]2)C(=O)OC)c(Cl)c1. The predicted octanol–water partition coefficient (Wildman–Crippen LogP) is 2.21. The van der Waals surface area contributed by atoms with Crippen LogP contribution in [0.3, 0.4) is 0 Å². The number of hydrogen-bond acceptors (Lipinski definition) is 4. The van der Waals surface area contributed by atoms with Crippen molar-refractivity contribution in [3.05, 3.63) is 51.5 Å². The van der Waals surface area contributed by atoms with E-state index in [0.29, 0.717) is 11.3 Å². The maximum atomic E-state index is 12.5. The van der Waals surface area contributed by atoms with Gasteiger partial charge in [0.2, 0.25) is 0 Å². The van der Waals surface area contributed by atoms with Crippen molar-refractivity contribution < 1.29 is 14.3 Å². The molecule has 1 amide bonds. The average molecular weight is 366 g/mol. The normalized spacial score (nSPS) is 11.4. The van der Waals surface area contributed by atoms with E-state index in [1.807, 2.05) is 0 Å². The van der Waals surface area contributed by atoms with E-state index < -0.39 is 17.9 Å². The number of terminal acetylenes is 1. The zero-order valence-corrected chi connectivity index (χ0v) is 14.1. The fourth-order valence-corrected chi connectivity index (χ4v) is 2.71. The lowest BCUT2D eigenvalue weighted by molar-refractivity contribution is -0.142. The Labute approximate surface area is 148 Å². The molecule has 0 radical (unpaired) electrons. The first-order chi connectivity index (χ1) is 11.5. The minimum absolute atomic E-state index is 0.0378. The molecule has 1 heterocycles. The number of carbonyl (C=O) groups is 2. The molecule has 124 valence electrons. The van der Waals surface area contributed by atoms with Gasteiger partial charge in [0.05, 0.1) is 29.0 Å². The molecule has 0 aliphatic heterocycles. The average Bonchev–Trinajstić information content (AvgIpc) is 3.05. The van der Waals surface area contributed by atoms with Gasteiger partial charge in [0.1, 0.15) is 6.04 Å². The number of carbonyl (C=O) groups excluding carboxylic acids is 2. The predicted molar refractivity (Wildman–Crippen MR) is 90.0 cm³/mol. The number of halogens is 2. The molecule has 0 fully saturated rings. The number of benzene rings is 1. The van der Waals surface area contributed by atoms with Crippen molar-refractivity contribution >= 4 is 35.1 Å². The van der Waals surface area contributed by atoms with E-state index >= 15 is 0 Å². The number of aromatic nitrogens is 2. The zero-order valence-electron chi connectivity index (χ0n) is 12.6. The first-order valence-electron chi connectivity index (χ1n) is 6.77. The van der Waals surface area contributed by atoms with Gasteiger partial charge < -0.3 is 15.0 Å². The Morgan fingerprint density at radius 3 is 2.58 bits per heavy atom. The molecule has 2 rings (SSSR count). The van der Waals surface area contributed by atoms with E-state index in [0.717, 1.165) is 0 Å². The Morgan fingerprint density at radius 2 is 2.08 bits per heavy atom. The molecule has 0 spiro atoms. The molecule has 24 heavy (non-hydrogen) atoms. The van der Waals surface area contributed by atoms with Crippen molar-refractivity contribution in [2.75, 3.05) is 7.11 Å². The molecule has 6 nitrogen and oxygen atoms in total. The van der Waals surface area contributed by atoms with Gasteiger partial charge in [-0.15, -0.1) is 6.42 Å². The standard InChI is InChI=1S/C16H13Cl2N3O3/c1-3-9-4-11(17)14(12(18)5-9)15(22)21-13(16(23)24-2)6-10-7-19-8-20-10/h1,4-5,7-8,13H,6H2,2H3,(H,19,20)(H,21,22)/t13-/m1/s1. The third kappa shape index (κ3) is 4.07. The molecule has 0 saturated carbocycles. The van der Waals surface area contributed by atoms with Gasteiger partial charge in [0.25, 0.3) is 5.91 Å². The topological polar surface area (TPSA) is 84.1 Å². The molecule has 0 aliphatic carbocycles. The largest absolute Gasteiger partial charge is 0.467 e. The lowest BCUT2D eigenvalue weighted by atomic mass is 10.1. The summed E-state index contributed by atoms with van der Waals surface area (Å²) in [5.74, 6) is 1.17. The highest BCUT2D eigenvalue weighted by Gasteiger charge is 2.25. The maximum Gasteiger partial charge on any atom is 0.328 e. The number of imidazole rings is 1. The van der Waals surface area contributed by atoms with Gasteiger partial charge in [0, 0.05) is 23.9 Å². The van der Waals surface area contributed by atoms with Gasteiger partial charge >= 0.3 is 5.97 Å². The third-order valence-electron chi connectivity index (χ3n) is 3.21. The van der Waals surface area contributed by atoms with Crippen molar-refractivity contribution in [1.82, 2.24) is 15.3 Å². The van der Waals surface area contributed by atoms with Crippen LogP contribution >= 0.6 is 23.2 Å². The van der Waals surface area contributed by atoms with Crippen LogP contribution in [0.4, 0.5) is 0 Å². The molecular weight excluding hydrogens is 353 g/mol. The summed E-state index contributed by atoms with van der Waals surface area (Å²) >= 11 is 12.1. The fraction of sp³-hybridized carbons (Fsp3) is 0.188. The summed E-state index contributed by atoms with van der Waals surface area (Å²) in [5, 5.41) is 2.75. The molecular formula is C16H13Cl2N3O3. The van der Waals surface area contributed by atoms with Gasteiger partial charge in [-0.05, 0) is 12.1 Å². The highest BCUT2D eigenvalue weighted by molar-refractivity contribution is 6.39. The Morgan fingerprint density at radius 1 is 1.42 bits per heavy atom. The van der Waals surface area contributed by atoms with Crippen LogP contribution in [-0.2, 0) is 16.0 Å². The lowest BCUT2D eigenvalue weighted by Gasteiger charge is -2.17. The number of hydrogen-bond donors (Lipinski definition) is 2. The van der Waals surface area contributed by atoms with E-state index in [9.17, 15) is 9.59 Å². The first kappa shape index (κ1) is 17.9. The molecule has 2 aromatic rings. The highest BCUT2D eigenvalue weighted by Crippen LogP contribution is 2.26.